The lowest BCUT2D eigenvalue weighted by molar-refractivity contribution is -0.118. The Kier molecular flexibility index (Phi) is 4.81. The van der Waals surface area contributed by atoms with Gasteiger partial charge in [0, 0.05) is 0 Å². The molecule has 1 rings (SSSR count). The van der Waals surface area contributed by atoms with E-state index in [4.69, 9.17) is 16.3 Å². The van der Waals surface area contributed by atoms with Crippen molar-refractivity contribution in [3.05, 3.63) is 29.8 Å². The Balaban J connectivity index is 2.91. The first kappa shape index (κ1) is 13.0. The largest absolute Gasteiger partial charge is 0.481 e. The van der Waals surface area contributed by atoms with Gasteiger partial charge in [0.25, 0.3) is 5.24 Å². The van der Waals surface area contributed by atoms with Crippen molar-refractivity contribution in [2.24, 2.45) is 0 Å². The molecule has 0 N–H and O–H groups in total. The zero-order valence-corrected chi connectivity index (χ0v) is 10.6. The van der Waals surface area contributed by atoms with Gasteiger partial charge < -0.3 is 4.74 Å². The molecular weight excluding hydrogens is 224 g/mol. The second-order valence-corrected chi connectivity index (χ2v) is 4.38. The molecule has 2 nitrogen and oxygen atoms in total. The van der Waals surface area contributed by atoms with E-state index in [1.54, 1.807) is 0 Å². The van der Waals surface area contributed by atoms with Crippen molar-refractivity contribution in [1.82, 2.24) is 0 Å². The van der Waals surface area contributed by atoms with Gasteiger partial charge in [-0.25, -0.2) is 0 Å². The number of halogens is 1. The van der Waals surface area contributed by atoms with E-state index in [0.717, 1.165) is 11.3 Å². The molecule has 0 radical (unpaired) electrons. The minimum atomic E-state index is -0.554. The maximum atomic E-state index is 11.1. The lowest BCUT2D eigenvalue weighted by Crippen LogP contribution is -2.22. The standard InChI is InChI=1S/C13H17ClO2/c1-4-11(13(14)15)16-12-8-6-5-7-10(12)9(2)3/h5-9,11H,4H2,1-3H3. The van der Waals surface area contributed by atoms with Crippen LogP contribution in [0.15, 0.2) is 24.3 Å². The topological polar surface area (TPSA) is 26.3 Å². The summed E-state index contributed by atoms with van der Waals surface area (Å²) in [4.78, 5) is 11.1. The van der Waals surface area contributed by atoms with Crippen LogP contribution in [-0.4, -0.2) is 11.3 Å². The van der Waals surface area contributed by atoms with Crippen LogP contribution in [0.3, 0.4) is 0 Å². The van der Waals surface area contributed by atoms with Gasteiger partial charge in [-0.1, -0.05) is 39.0 Å². The number of benzene rings is 1. The van der Waals surface area contributed by atoms with E-state index in [9.17, 15) is 4.79 Å². The van der Waals surface area contributed by atoms with E-state index in [-0.39, 0.29) is 0 Å². The van der Waals surface area contributed by atoms with Gasteiger partial charge in [-0.15, -0.1) is 0 Å². The van der Waals surface area contributed by atoms with Crippen LogP contribution in [0.2, 0.25) is 0 Å². The predicted octanol–water partition coefficient (Wildman–Crippen LogP) is 3.73. The Hall–Kier alpha value is -1.02. The molecule has 0 saturated heterocycles. The van der Waals surface area contributed by atoms with Gasteiger partial charge in [-0.05, 0) is 35.6 Å². The third-order valence-corrected chi connectivity index (χ3v) is 2.68. The summed E-state index contributed by atoms with van der Waals surface area (Å²) in [6.07, 6.45) is 0.0240. The first-order valence-electron chi connectivity index (χ1n) is 5.51. The quantitative estimate of drug-likeness (QED) is 0.733. The average Bonchev–Trinajstić information content (AvgIpc) is 2.25. The maximum absolute atomic E-state index is 11.1. The third kappa shape index (κ3) is 3.24. The number of carbonyl (C=O) groups is 1. The van der Waals surface area contributed by atoms with E-state index in [2.05, 4.69) is 13.8 Å². The molecule has 3 heteroatoms. The van der Waals surface area contributed by atoms with Crippen LogP contribution in [0.4, 0.5) is 0 Å². The van der Waals surface area contributed by atoms with E-state index >= 15 is 0 Å². The highest BCUT2D eigenvalue weighted by molar-refractivity contribution is 6.64. The number of ether oxygens (including phenoxy) is 1. The van der Waals surface area contributed by atoms with E-state index in [0.29, 0.717) is 12.3 Å². The molecule has 0 saturated carbocycles. The van der Waals surface area contributed by atoms with Gasteiger partial charge in [0.1, 0.15) is 5.75 Å². The highest BCUT2D eigenvalue weighted by Gasteiger charge is 2.17. The van der Waals surface area contributed by atoms with Crippen LogP contribution in [-0.2, 0) is 4.79 Å². The monoisotopic (exact) mass is 240 g/mol. The zero-order chi connectivity index (χ0) is 12.1. The highest BCUT2D eigenvalue weighted by atomic mass is 35.5. The molecule has 0 aliphatic rings. The zero-order valence-electron chi connectivity index (χ0n) is 9.87. The first-order chi connectivity index (χ1) is 7.56. The van der Waals surface area contributed by atoms with Gasteiger partial charge >= 0.3 is 0 Å². The van der Waals surface area contributed by atoms with Gasteiger partial charge in [-0.2, -0.15) is 0 Å². The minimum absolute atomic E-state index is 0.360. The SMILES string of the molecule is CCC(Oc1ccccc1C(C)C)C(=O)Cl. The van der Waals surface area contributed by atoms with Crippen molar-refractivity contribution >= 4 is 16.8 Å². The van der Waals surface area contributed by atoms with Crippen LogP contribution in [0, 0.1) is 0 Å². The Labute approximate surface area is 102 Å². The van der Waals surface area contributed by atoms with Crippen molar-refractivity contribution in [2.75, 3.05) is 0 Å². The average molecular weight is 241 g/mol. The third-order valence-electron chi connectivity index (χ3n) is 2.43. The normalized spacial score (nSPS) is 12.6. The second-order valence-electron chi connectivity index (χ2n) is 4.01. The Morgan fingerprint density at radius 3 is 2.50 bits per heavy atom. The molecular formula is C13H17ClO2. The van der Waals surface area contributed by atoms with Crippen molar-refractivity contribution in [3.8, 4) is 5.75 Å². The van der Waals surface area contributed by atoms with Gasteiger partial charge in [0.15, 0.2) is 6.10 Å². The molecule has 88 valence electrons. The fourth-order valence-corrected chi connectivity index (χ4v) is 1.71. The molecule has 0 aliphatic carbocycles. The molecule has 0 aromatic heterocycles. The van der Waals surface area contributed by atoms with Crippen molar-refractivity contribution in [3.63, 3.8) is 0 Å². The number of para-hydroxylation sites is 1. The van der Waals surface area contributed by atoms with Crippen LogP contribution in [0.25, 0.3) is 0 Å². The number of carbonyl (C=O) groups excluding carboxylic acids is 1. The molecule has 1 aromatic rings. The highest BCUT2D eigenvalue weighted by Crippen LogP contribution is 2.27. The molecule has 0 amide bonds. The van der Waals surface area contributed by atoms with Crippen LogP contribution in [0.1, 0.15) is 38.7 Å². The maximum Gasteiger partial charge on any atom is 0.262 e. The van der Waals surface area contributed by atoms with Crippen molar-refractivity contribution in [1.29, 1.82) is 0 Å². The summed E-state index contributed by atoms with van der Waals surface area (Å²) >= 11 is 5.46. The van der Waals surface area contributed by atoms with E-state index in [1.165, 1.54) is 0 Å². The number of rotatable bonds is 5. The van der Waals surface area contributed by atoms with E-state index < -0.39 is 11.3 Å². The Bertz CT molecular complexity index is 361. The summed E-state index contributed by atoms with van der Waals surface area (Å²) in [5.41, 5.74) is 1.10. The predicted molar refractivity (Wildman–Crippen MR) is 66.1 cm³/mol. The Morgan fingerprint density at radius 1 is 1.38 bits per heavy atom. The van der Waals surface area contributed by atoms with Crippen LogP contribution in [0.5, 0.6) is 5.75 Å². The summed E-state index contributed by atoms with van der Waals surface area (Å²) < 4.78 is 5.64. The molecule has 1 atom stereocenters. The fourth-order valence-electron chi connectivity index (χ4n) is 1.51. The van der Waals surface area contributed by atoms with E-state index in [1.807, 2.05) is 31.2 Å². The first-order valence-corrected chi connectivity index (χ1v) is 5.89. The summed E-state index contributed by atoms with van der Waals surface area (Å²) in [6, 6.07) is 7.74. The van der Waals surface area contributed by atoms with Gasteiger partial charge in [-0.3, -0.25) is 4.79 Å². The molecule has 0 fully saturated rings. The molecule has 0 heterocycles. The Morgan fingerprint density at radius 2 is 2.00 bits per heavy atom. The smallest absolute Gasteiger partial charge is 0.262 e. The number of hydrogen-bond acceptors (Lipinski definition) is 2. The molecule has 0 spiro atoms. The van der Waals surface area contributed by atoms with Crippen molar-refractivity contribution < 1.29 is 9.53 Å². The summed E-state index contributed by atoms with van der Waals surface area (Å²) in [5, 5.41) is -0.443. The van der Waals surface area contributed by atoms with Crippen LogP contribution < -0.4 is 4.74 Å². The van der Waals surface area contributed by atoms with Crippen molar-refractivity contribution in [2.45, 2.75) is 39.2 Å². The molecule has 0 bridgehead atoms. The molecule has 1 aromatic carbocycles. The summed E-state index contributed by atoms with van der Waals surface area (Å²) in [5.74, 6) is 1.11. The number of hydrogen-bond donors (Lipinski definition) is 0. The van der Waals surface area contributed by atoms with Gasteiger partial charge in [0.05, 0.1) is 0 Å². The second kappa shape index (κ2) is 5.90. The lowest BCUT2D eigenvalue weighted by Gasteiger charge is -2.18. The molecule has 16 heavy (non-hydrogen) atoms. The summed E-state index contributed by atoms with van der Waals surface area (Å²) in [6.45, 7) is 6.06. The molecule has 0 aliphatic heterocycles. The van der Waals surface area contributed by atoms with Crippen LogP contribution >= 0.6 is 11.6 Å². The fraction of sp³-hybridized carbons (Fsp3) is 0.462. The van der Waals surface area contributed by atoms with Gasteiger partial charge in [0.2, 0.25) is 0 Å². The minimum Gasteiger partial charge on any atom is -0.481 e. The summed E-state index contributed by atoms with van der Waals surface area (Å²) in [7, 11) is 0. The lowest BCUT2D eigenvalue weighted by atomic mass is 10.0. The molecule has 1 unspecified atom stereocenters.